The molecule has 20 heavy (non-hydrogen) atoms. The Bertz CT molecular complexity index is 744. The van der Waals surface area contributed by atoms with Gasteiger partial charge in [0.1, 0.15) is 5.82 Å². The third kappa shape index (κ3) is 3.35. The number of rotatable bonds is 4. The summed E-state index contributed by atoms with van der Waals surface area (Å²) in [5.74, 6) is -0.653. The maximum atomic E-state index is 13.0. The van der Waals surface area contributed by atoms with Crippen molar-refractivity contribution in [2.24, 2.45) is 0 Å². The molecular formula is C12H12ClFN2O2S2. The predicted molar refractivity (Wildman–Crippen MR) is 77.0 cm³/mol. The van der Waals surface area contributed by atoms with E-state index < -0.39 is 15.8 Å². The van der Waals surface area contributed by atoms with Crippen molar-refractivity contribution >= 4 is 33.0 Å². The fraction of sp³-hybridized carbons (Fsp3) is 0.250. The zero-order valence-corrected chi connectivity index (χ0v) is 13.2. The second kappa shape index (κ2) is 5.77. The van der Waals surface area contributed by atoms with Crippen LogP contribution in [0.2, 0.25) is 5.02 Å². The third-order valence-electron chi connectivity index (χ3n) is 2.62. The number of halogens is 2. The molecule has 0 atom stereocenters. The van der Waals surface area contributed by atoms with E-state index >= 15 is 0 Å². The molecule has 0 radical (unpaired) electrons. The monoisotopic (exact) mass is 334 g/mol. The summed E-state index contributed by atoms with van der Waals surface area (Å²) < 4.78 is 39.7. The third-order valence-corrected chi connectivity index (χ3v) is 5.39. The van der Waals surface area contributed by atoms with Gasteiger partial charge in [-0.05, 0) is 32.0 Å². The van der Waals surface area contributed by atoms with Gasteiger partial charge in [-0.1, -0.05) is 11.6 Å². The van der Waals surface area contributed by atoms with E-state index in [9.17, 15) is 12.8 Å². The van der Waals surface area contributed by atoms with E-state index in [1.807, 2.05) is 13.8 Å². The van der Waals surface area contributed by atoms with Gasteiger partial charge < -0.3 is 0 Å². The Morgan fingerprint density at radius 3 is 2.65 bits per heavy atom. The van der Waals surface area contributed by atoms with Crippen molar-refractivity contribution in [2.45, 2.75) is 25.3 Å². The van der Waals surface area contributed by atoms with E-state index in [1.54, 1.807) is 0 Å². The summed E-state index contributed by atoms with van der Waals surface area (Å²) in [4.78, 5) is 5.00. The van der Waals surface area contributed by atoms with Gasteiger partial charge >= 0.3 is 0 Å². The molecule has 2 rings (SSSR count). The van der Waals surface area contributed by atoms with Gasteiger partial charge in [0.15, 0.2) is 0 Å². The molecular weight excluding hydrogens is 323 g/mol. The summed E-state index contributed by atoms with van der Waals surface area (Å²) in [6.07, 6.45) is 0. The lowest BCUT2D eigenvalue weighted by Crippen LogP contribution is -2.23. The number of hydrogen-bond acceptors (Lipinski definition) is 4. The van der Waals surface area contributed by atoms with E-state index in [-0.39, 0.29) is 16.5 Å². The number of sulfonamides is 1. The summed E-state index contributed by atoms with van der Waals surface area (Å²) in [5.41, 5.74) is 0.798. The molecule has 108 valence electrons. The van der Waals surface area contributed by atoms with Crippen LogP contribution < -0.4 is 4.72 Å². The molecule has 4 nitrogen and oxygen atoms in total. The van der Waals surface area contributed by atoms with Crippen molar-refractivity contribution in [3.8, 4) is 0 Å². The lowest BCUT2D eigenvalue weighted by Gasteiger charge is -2.06. The van der Waals surface area contributed by atoms with Crippen LogP contribution in [-0.2, 0) is 16.6 Å². The molecule has 0 spiro atoms. The molecule has 0 saturated heterocycles. The number of nitrogens with one attached hydrogen (secondary N) is 1. The highest BCUT2D eigenvalue weighted by Gasteiger charge is 2.17. The van der Waals surface area contributed by atoms with Gasteiger partial charge in [0.25, 0.3) is 0 Å². The van der Waals surface area contributed by atoms with Gasteiger partial charge in [0, 0.05) is 11.4 Å². The maximum Gasteiger partial charge on any atom is 0.240 e. The topological polar surface area (TPSA) is 59.1 Å². The van der Waals surface area contributed by atoms with Gasteiger partial charge in [-0.15, -0.1) is 11.3 Å². The summed E-state index contributed by atoms with van der Waals surface area (Å²) in [6.45, 7) is 3.83. The molecule has 1 aromatic carbocycles. The first-order valence-electron chi connectivity index (χ1n) is 5.67. The Kier molecular flexibility index (Phi) is 4.43. The first-order chi connectivity index (χ1) is 9.29. The van der Waals surface area contributed by atoms with Crippen LogP contribution >= 0.6 is 22.9 Å². The van der Waals surface area contributed by atoms with Crippen LogP contribution in [-0.4, -0.2) is 13.4 Å². The molecule has 0 unspecified atom stereocenters. The van der Waals surface area contributed by atoms with E-state index in [0.29, 0.717) is 0 Å². The zero-order valence-electron chi connectivity index (χ0n) is 10.8. The first kappa shape index (κ1) is 15.4. The van der Waals surface area contributed by atoms with Gasteiger partial charge in [0.05, 0.1) is 20.6 Å². The maximum absolute atomic E-state index is 13.0. The summed E-state index contributed by atoms with van der Waals surface area (Å²) in [5, 5.41) is 0.652. The Morgan fingerprint density at radius 1 is 1.40 bits per heavy atom. The Hall–Kier alpha value is -1.02. The Labute approximate surface area is 125 Å². The van der Waals surface area contributed by atoms with Crippen LogP contribution in [0.3, 0.4) is 0 Å². The van der Waals surface area contributed by atoms with E-state index in [4.69, 9.17) is 11.6 Å². The van der Waals surface area contributed by atoms with Gasteiger partial charge in [0.2, 0.25) is 10.0 Å². The van der Waals surface area contributed by atoms with Crippen molar-refractivity contribution in [1.82, 2.24) is 9.71 Å². The highest BCUT2D eigenvalue weighted by molar-refractivity contribution is 7.89. The number of aromatic nitrogens is 1. The SMILES string of the molecule is Cc1nc(C)c(CNS(=O)(=O)c2ccc(F)c(Cl)c2)s1. The second-order valence-corrected chi connectivity index (χ2v) is 7.60. The minimum absolute atomic E-state index is 0.0669. The quantitative estimate of drug-likeness (QED) is 0.935. The number of thiazole rings is 1. The number of hydrogen-bond donors (Lipinski definition) is 1. The minimum atomic E-state index is -3.73. The average molecular weight is 335 g/mol. The van der Waals surface area contributed by atoms with Gasteiger partial charge in [-0.25, -0.2) is 22.5 Å². The highest BCUT2D eigenvalue weighted by Crippen LogP contribution is 2.21. The molecule has 1 heterocycles. The highest BCUT2D eigenvalue weighted by atomic mass is 35.5. The molecule has 1 N–H and O–H groups in total. The lowest BCUT2D eigenvalue weighted by molar-refractivity contribution is 0.580. The van der Waals surface area contributed by atoms with Crippen LogP contribution in [0, 0.1) is 19.7 Å². The van der Waals surface area contributed by atoms with Crippen LogP contribution in [0.25, 0.3) is 0 Å². The molecule has 0 aliphatic heterocycles. The summed E-state index contributed by atoms with van der Waals surface area (Å²) in [7, 11) is -3.73. The second-order valence-electron chi connectivity index (χ2n) is 4.14. The van der Waals surface area contributed by atoms with Crippen LogP contribution in [0.4, 0.5) is 4.39 Å². The van der Waals surface area contributed by atoms with Crippen molar-refractivity contribution in [1.29, 1.82) is 0 Å². The van der Waals surface area contributed by atoms with Crippen molar-refractivity contribution in [3.63, 3.8) is 0 Å². The Morgan fingerprint density at radius 2 is 2.10 bits per heavy atom. The number of benzene rings is 1. The van der Waals surface area contributed by atoms with Gasteiger partial charge in [-0.2, -0.15) is 0 Å². The molecule has 1 aromatic heterocycles. The molecule has 0 aliphatic carbocycles. The number of nitrogens with zero attached hydrogens (tertiary/aromatic N) is 1. The largest absolute Gasteiger partial charge is 0.247 e. The van der Waals surface area contributed by atoms with E-state index in [2.05, 4.69) is 9.71 Å². The first-order valence-corrected chi connectivity index (χ1v) is 8.35. The average Bonchev–Trinajstić information content (AvgIpc) is 2.69. The lowest BCUT2D eigenvalue weighted by atomic mass is 10.3. The summed E-state index contributed by atoms with van der Waals surface area (Å²) in [6, 6.07) is 3.29. The number of aryl methyl sites for hydroxylation is 2. The van der Waals surface area contributed by atoms with E-state index in [0.717, 1.165) is 27.7 Å². The van der Waals surface area contributed by atoms with Crippen LogP contribution in [0.15, 0.2) is 23.1 Å². The molecule has 0 amide bonds. The van der Waals surface area contributed by atoms with Crippen LogP contribution in [0.1, 0.15) is 15.6 Å². The van der Waals surface area contributed by atoms with Crippen molar-refractivity contribution in [2.75, 3.05) is 0 Å². The van der Waals surface area contributed by atoms with Gasteiger partial charge in [-0.3, -0.25) is 0 Å². The molecule has 2 aromatic rings. The molecule has 0 aliphatic rings. The summed E-state index contributed by atoms with van der Waals surface area (Å²) >= 11 is 7.02. The van der Waals surface area contributed by atoms with Crippen molar-refractivity contribution in [3.05, 3.63) is 44.6 Å². The molecule has 0 saturated carbocycles. The van der Waals surface area contributed by atoms with Crippen molar-refractivity contribution < 1.29 is 12.8 Å². The zero-order chi connectivity index (χ0) is 14.9. The fourth-order valence-electron chi connectivity index (χ4n) is 1.63. The smallest absolute Gasteiger partial charge is 0.240 e. The standard InChI is InChI=1S/C12H12ClFN2O2S2/c1-7-12(19-8(2)16-7)6-15-20(17,18)9-3-4-11(14)10(13)5-9/h3-5,15H,6H2,1-2H3. The van der Waals surface area contributed by atoms with E-state index in [1.165, 1.54) is 17.4 Å². The molecule has 0 bridgehead atoms. The normalized spacial score (nSPS) is 11.8. The Balaban J connectivity index is 2.19. The van der Waals surface area contributed by atoms with Crippen LogP contribution in [0.5, 0.6) is 0 Å². The minimum Gasteiger partial charge on any atom is -0.247 e. The molecule has 8 heteroatoms. The molecule has 0 fully saturated rings. The fourth-order valence-corrected chi connectivity index (χ4v) is 3.86. The predicted octanol–water partition coefficient (Wildman–Crippen LogP) is 3.03.